The molecular formula is C54H32N4O. The van der Waals surface area contributed by atoms with Crippen LogP contribution in [0.25, 0.3) is 121 Å². The van der Waals surface area contributed by atoms with Gasteiger partial charge in [0.1, 0.15) is 11.2 Å². The van der Waals surface area contributed by atoms with Crippen molar-refractivity contribution in [2.24, 2.45) is 0 Å². The van der Waals surface area contributed by atoms with Crippen molar-refractivity contribution in [3.8, 4) is 34.0 Å². The zero-order chi connectivity index (χ0) is 38.6. The number of hydrogen-bond donors (Lipinski definition) is 0. The van der Waals surface area contributed by atoms with Crippen molar-refractivity contribution in [2.75, 3.05) is 0 Å². The van der Waals surface area contributed by atoms with Gasteiger partial charge in [-0.1, -0.05) is 152 Å². The van der Waals surface area contributed by atoms with E-state index in [4.69, 9.17) is 14.4 Å². The number of aromatic nitrogens is 4. The summed E-state index contributed by atoms with van der Waals surface area (Å²) in [6, 6.07) is 68.8. The maximum atomic E-state index is 7.20. The molecule has 5 nitrogen and oxygen atoms in total. The van der Waals surface area contributed by atoms with Crippen LogP contribution in [0, 0.1) is 0 Å². The van der Waals surface area contributed by atoms with Crippen LogP contribution < -0.4 is 0 Å². The fourth-order valence-electron chi connectivity index (χ4n) is 9.55. The Hall–Kier alpha value is -8.02. The van der Waals surface area contributed by atoms with E-state index in [1.807, 2.05) is 12.1 Å². The van der Waals surface area contributed by atoms with Crippen molar-refractivity contribution in [3.05, 3.63) is 194 Å². The smallest absolute Gasteiger partial charge is 0.235 e. The van der Waals surface area contributed by atoms with E-state index >= 15 is 0 Å². The fraction of sp³-hybridized carbons (Fsp3) is 0. The molecular weight excluding hydrogens is 721 g/mol. The Morgan fingerprint density at radius 1 is 0.356 bits per heavy atom. The largest absolute Gasteiger partial charge is 0.455 e. The van der Waals surface area contributed by atoms with Crippen molar-refractivity contribution < 1.29 is 4.42 Å². The normalized spacial score (nSPS) is 12.1. The van der Waals surface area contributed by atoms with Crippen LogP contribution >= 0.6 is 0 Å². The molecule has 0 atom stereocenters. The summed E-state index contributed by atoms with van der Waals surface area (Å²) in [5, 5.41) is 10.1. The third-order valence-corrected chi connectivity index (χ3v) is 12.1. The molecule has 0 radical (unpaired) electrons. The molecule has 13 rings (SSSR count). The fourth-order valence-corrected chi connectivity index (χ4v) is 9.55. The number of benzene rings is 9. The number of furan rings is 1. The van der Waals surface area contributed by atoms with E-state index in [1.165, 1.54) is 27.2 Å². The van der Waals surface area contributed by atoms with Crippen molar-refractivity contribution >= 4 is 87.2 Å². The Bertz CT molecular complexity index is 3780. The second-order valence-corrected chi connectivity index (χ2v) is 15.3. The minimum absolute atomic E-state index is 0.613. The first-order valence-corrected chi connectivity index (χ1v) is 20.0. The Labute approximate surface area is 337 Å². The molecule has 4 aromatic heterocycles. The van der Waals surface area contributed by atoms with Gasteiger partial charge in [-0.05, 0) is 52.9 Å². The van der Waals surface area contributed by atoms with Gasteiger partial charge in [0.25, 0.3) is 0 Å². The van der Waals surface area contributed by atoms with Gasteiger partial charge < -0.3 is 8.98 Å². The van der Waals surface area contributed by atoms with E-state index in [2.05, 4.69) is 191 Å². The van der Waals surface area contributed by atoms with E-state index in [0.29, 0.717) is 5.95 Å². The number of para-hydroxylation sites is 3. The maximum absolute atomic E-state index is 7.20. The molecule has 274 valence electrons. The predicted octanol–water partition coefficient (Wildman–Crippen LogP) is 14.2. The molecule has 13 aromatic rings. The first-order valence-electron chi connectivity index (χ1n) is 20.0. The molecule has 0 spiro atoms. The summed E-state index contributed by atoms with van der Waals surface area (Å²) in [6.07, 6.45) is 0. The van der Waals surface area contributed by atoms with Crippen LogP contribution in [0.15, 0.2) is 199 Å². The Kier molecular flexibility index (Phi) is 6.66. The van der Waals surface area contributed by atoms with Crippen molar-refractivity contribution in [1.29, 1.82) is 0 Å². The molecule has 0 bridgehead atoms. The summed E-state index contributed by atoms with van der Waals surface area (Å²) in [6.45, 7) is 0. The molecule has 9 aromatic carbocycles. The molecule has 4 heterocycles. The van der Waals surface area contributed by atoms with Gasteiger partial charge in [-0.3, -0.25) is 4.57 Å². The highest BCUT2D eigenvalue weighted by atomic mass is 16.3. The van der Waals surface area contributed by atoms with E-state index in [9.17, 15) is 0 Å². The van der Waals surface area contributed by atoms with Gasteiger partial charge in [0, 0.05) is 49.3 Å². The molecule has 0 aliphatic heterocycles. The van der Waals surface area contributed by atoms with Crippen LogP contribution in [-0.4, -0.2) is 19.1 Å². The van der Waals surface area contributed by atoms with Crippen LogP contribution in [0.1, 0.15) is 0 Å². The Balaban J connectivity index is 1.15. The summed E-state index contributed by atoms with van der Waals surface area (Å²) in [4.78, 5) is 10.7. The van der Waals surface area contributed by atoms with Crippen LogP contribution in [0.2, 0.25) is 0 Å². The van der Waals surface area contributed by atoms with E-state index in [0.717, 1.165) is 88.1 Å². The average molecular weight is 753 g/mol. The number of hydrogen-bond acceptors (Lipinski definition) is 3. The van der Waals surface area contributed by atoms with Crippen LogP contribution in [-0.2, 0) is 0 Å². The zero-order valence-electron chi connectivity index (χ0n) is 31.7. The summed E-state index contributed by atoms with van der Waals surface area (Å²) in [5.41, 5.74) is 12.2. The predicted molar refractivity (Wildman–Crippen MR) is 244 cm³/mol. The van der Waals surface area contributed by atoms with Gasteiger partial charge in [-0.15, -0.1) is 0 Å². The standard InChI is InChI=1S/C54H32N4O/c1-3-15-33(16-4-1)35-27-28-41-47(31-35)58(54-55-43-24-12-9-23-40(43)52(56-54)34-17-5-2-6-18-34)46-30-29-42-50-39-22-8-7-21-38(39)48(32-49(50)59-53(42)51(41)46)57-44-25-13-10-19-36(44)37-20-11-14-26-45(37)57/h1-32H. The lowest BCUT2D eigenvalue weighted by Gasteiger charge is -2.12. The van der Waals surface area contributed by atoms with E-state index in [1.54, 1.807) is 0 Å². The second-order valence-electron chi connectivity index (χ2n) is 15.3. The third kappa shape index (κ3) is 4.61. The SMILES string of the molecule is c1ccc(-c2ccc3c4c5oc6cc(-n7c8ccccc8c8ccccc87)c7ccccc7c6c5ccc4n(-c4nc(-c5ccccc5)c5ccccc5n4)c3c2)cc1. The van der Waals surface area contributed by atoms with Crippen LogP contribution in [0.3, 0.4) is 0 Å². The Morgan fingerprint density at radius 3 is 1.71 bits per heavy atom. The first-order chi connectivity index (χ1) is 29.3. The zero-order valence-corrected chi connectivity index (χ0v) is 31.7. The summed E-state index contributed by atoms with van der Waals surface area (Å²) >= 11 is 0. The second kappa shape index (κ2) is 12.2. The lowest BCUT2D eigenvalue weighted by Crippen LogP contribution is -2.03. The first kappa shape index (κ1) is 32.1. The van der Waals surface area contributed by atoms with Gasteiger partial charge in [0.15, 0.2) is 0 Å². The highest BCUT2D eigenvalue weighted by molar-refractivity contribution is 6.29. The quantitative estimate of drug-likeness (QED) is 0.180. The molecule has 59 heavy (non-hydrogen) atoms. The van der Waals surface area contributed by atoms with E-state index < -0.39 is 0 Å². The lowest BCUT2D eigenvalue weighted by atomic mass is 10.00. The minimum Gasteiger partial charge on any atom is -0.455 e. The van der Waals surface area contributed by atoms with Gasteiger partial charge in [0.2, 0.25) is 5.95 Å². The van der Waals surface area contributed by atoms with Crippen molar-refractivity contribution in [2.45, 2.75) is 0 Å². The third-order valence-electron chi connectivity index (χ3n) is 12.1. The average Bonchev–Trinajstić information content (AvgIpc) is 3.96. The topological polar surface area (TPSA) is 48.8 Å². The van der Waals surface area contributed by atoms with Crippen LogP contribution in [0.4, 0.5) is 0 Å². The van der Waals surface area contributed by atoms with Gasteiger partial charge in [0.05, 0.1) is 44.4 Å². The molecule has 0 aliphatic carbocycles. The van der Waals surface area contributed by atoms with Gasteiger partial charge >= 0.3 is 0 Å². The lowest BCUT2D eigenvalue weighted by molar-refractivity contribution is 0.673. The highest BCUT2D eigenvalue weighted by Crippen LogP contribution is 2.45. The molecule has 0 saturated heterocycles. The molecule has 0 saturated carbocycles. The summed E-state index contributed by atoms with van der Waals surface area (Å²) < 4.78 is 11.8. The molecule has 0 unspecified atom stereocenters. The molecule has 0 N–H and O–H groups in total. The molecule has 0 fully saturated rings. The van der Waals surface area contributed by atoms with Gasteiger partial charge in [-0.2, -0.15) is 0 Å². The van der Waals surface area contributed by atoms with Crippen molar-refractivity contribution in [1.82, 2.24) is 19.1 Å². The van der Waals surface area contributed by atoms with Crippen molar-refractivity contribution in [3.63, 3.8) is 0 Å². The number of rotatable bonds is 4. The van der Waals surface area contributed by atoms with Crippen LogP contribution in [0.5, 0.6) is 0 Å². The summed E-state index contributed by atoms with van der Waals surface area (Å²) in [7, 11) is 0. The maximum Gasteiger partial charge on any atom is 0.235 e. The van der Waals surface area contributed by atoms with Gasteiger partial charge in [-0.25, -0.2) is 9.97 Å². The highest BCUT2D eigenvalue weighted by Gasteiger charge is 2.24. The number of nitrogens with zero attached hydrogens (tertiary/aromatic N) is 4. The monoisotopic (exact) mass is 752 g/mol. The molecule has 0 aliphatic rings. The summed E-state index contributed by atoms with van der Waals surface area (Å²) in [5.74, 6) is 0.613. The minimum atomic E-state index is 0.613. The molecule has 0 amide bonds. The number of fused-ring (bicyclic) bond motifs is 13. The Morgan fingerprint density at radius 2 is 0.966 bits per heavy atom. The molecule has 5 heteroatoms. The van der Waals surface area contributed by atoms with E-state index in [-0.39, 0.29) is 0 Å².